The van der Waals surface area contributed by atoms with Crippen molar-refractivity contribution in [3.63, 3.8) is 0 Å². The van der Waals surface area contributed by atoms with E-state index in [0.717, 1.165) is 13.1 Å². The van der Waals surface area contributed by atoms with Gasteiger partial charge in [0.2, 0.25) is 0 Å². The Morgan fingerprint density at radius 1 is 1.27 bits per heavy atom. The van der Waals surface area contributed by atoms with Gasteiger partial charge in [-0.3, -0.25) is 4.98 Å². The van der Waals surface area contributed by atoms with Crippen molar-refractivity contribution in [2.24, 2.45) is 0 Å². The maximum Gasteiger partial charge on any atom is 0.0270 e. The lowest BCUT2D eigenvalue weighted by atomic mass is 9.79. The first-order valence-corrected chi connectivity index (χ1v) is 5.99. The molecule has 0 amide bonds. The van der Waals surface area contributed by atoms with Gasteiger partial charge in [0, 0.05) is 24.4 Å². The molecule has 82 valence electrons. The van der Waals surface area contributed by atoms with Crippen molar-refractivity contribution >= 4 is 0 Å². The number of nitrogens with zero attached hydrogens (tertiary/aromatic N) is 1. The molecule has 0 saturated heterocycles. The molecule has 0 radical (unpaired) electrons. The van der Waals surface area contributed by atoms with Gasteiger partial charge < -0.3 is 5.32 Å². The second-order valence-corrected chi connectivity index (χ2v) is 4.50. The quantitative estimate of drug-likeness (QED) is 0.815. The Balaban J connectivity index is 2.19. The van der Waals surface area contributed by atoms with Gasteiger partial charge in [-0.1, -0.05) is 19.8 Å². The zero-order chi connectivity index (χ0) is 10.6. The lowest BCUT2D eigenvalue weighted by Gasteiger charge is -2.29. The van der Waals surface area contributed by atoms with Crippen molar-refractivity contribution in [3.05, 3.63) is 30.1 Å². The molecule has 1 N–H and O–H groups in total. The molecule has 1 heterocycles. The molecule has 2 nitrogen and oxygen atoms in total. The summed E-state index contributed by atoms with van der Waals surface area (Å²) in [6.45, 7) is 4.36. The summed E-state index contributed by atoms with van der Waals surface area (Å²) in [7, 11) is 0. The van der Waals surface area contributed by atoms with Crippen LogP contribution in [0.15, 0.2) is 24.5 Å². The van der Waals surface area contributed by atoms with Crippen LogP contribution in [0.25, 0.3) is 0 Å². The average Bonchev–Trinajstić information content (AvgIpc) is 2.78. The van der Waals surface area contributed by atoms with Crippen LogP contribution in [0.4, 0.5) is 0 Å². The minimum atomic E-state index is 0.388. The first-order chi connectivity index (χ1) is 7.37. The SMILES string of the molecule is CCNCC1(c2ccncc2)CCCC1. The molecule has 15 heavy (non-hydrogen) atoms. The maximum atomic E-state index is 4.11. The van der Waals surface area contributed by atoms with Crippen molar-refractivity contribution < 1.29 is 0 Å². The van der Waals surface area contributed by atoms with E-state index in [0.29, 0.717) is 5.41 Å². The number of pyridine rings is 1. The van der Waals surface area contributed by atoms with Gasteiger partial charge in [0.05, 0.1) is 0 Å². The van der Waals surface area contributed by atoms with Crippen LogP contribution in [-0.4, -0.2) is 18.1 Å². The van der Waals surface area contributed by atoms with E-state index in [2.05, 4.69) is 29.4 Å². The van der Waals surface area contributed by atoms with Gasteiger partial charge in [-0.05, 0) is 37.1 Å². The van der Waals surface area contributed by atoms with E-state index in [4.69, 9.17) is 0 Å². The summed E-state index contributed by atoms with van der Waals surface area (Å²) in [6, 6.07) is 4.37. The standard InChI is InChI=1S/C13H20N2/c1-2-14-11-13(7-3-4-8-13)12-5-9-15-10-6-12/h5-6,9-10,14H,2-4,7-8,11H2,1H3. The molecule has 0 bridgehead atoms. The summed E-state index contributed by atoms with van der Waals surface area (Å²) in [5.74, 6) is 0. The van der Waals surface area contributed by atoms with Gasteiger partial charge in [0.25, 0.3) is 0 Å². The van der Waals surface area contributed by atoms with Crippen LogP contribution in [0.3, 0.4) is 0 Å². The van der Waals surface area contributed by atoms with Gasteiger partial charge in [0.1, 0.15) is 0 Å². The molecule has 0 aliphatic heterocycles. The molecular weight excluding hydrogens is 184 g/mol. The highest BCUT2D eigenvalue weighted by Crippen LogP contribution is 2.40. The minimum absolute atomic E-state index is 0.388. The van der Waals surface area contributed by atoms with Crippen molar-refractivity contribution in [2.45, 2.75) is 38.0 Å². The zero-order valence-electron chi connectivity index (χ0n) is 9.50. The van der Waals surface area contributed by atoms with Gasteiger partial charge >= 0.3 is 0 Å². The van der Waals surface area contributed by atoms with Crippen LogP contribution in [-0.2, 0) is 5.41 Å². The summed E-state index contributed by atoms with van der Waals surface area (Å²) < 4.78 is 0. The van der Waals surface area contributed by atoms with Gasteiger partial charge in [0.15, 0.2) is 0 Å². The van der Waals surface area contributed by atoms with Gasteiger partial charge in [-0.25, -0.2) is 0 Å². The Morgan fingerprint density at radius 2 is 1.93 bits per heavy atom. The molecule has 1 fully saturated rings. The Morgan fingerprint density at radius 3 is 2.53 bits per heavy atom. The normalized spacial score (nSPS) is 19.3. The lowest BCUT2D eigenvalue weighted by Crippen LogP contribution is -2.35. The lowest BCUT2D eigenvalue weighted by molar-refractivity contribution is 0.410. The Labute approximate surface area is 92.1 Å². The predicted octanol–water partition coefficient (Wildman–Crippen LogP) is 2.50. The van der Waals surface area contributed by atoms with E-state index in [9.17, 15) is 0 Å². The smallest absolute Gasteiger partial charge is 0.0270 e. The monoisotopic (exact) mass is 204 g/mol. The molecule has 1 saturated carbocycles. The third-order valence-corrected chi connectivity index (χ3v) is 3.57. The van der Waals surface area contributed by atoms with Crippen molar-refractivity contribution in [2.75, 3.05) is 13.1 Å². The zero-order valence-corrected chi connectivity index (χ0v) is 9.50. The van der Waals surface area contributed by atoms with E-state index in [1.54, 1.807) is 0 Å². The molecule has 0 aromatic carbocycles. The third-order valence-electron chi connectivity index (χ3n) is 3.57. The highest BCUT2D eigenvalue weighted by atomic mass is 14.9. The fourth-order valence-corrected chi connectivity index (χ4v) is 2.69. The Bertz CT molecular complexity index is 289. The van der Waals surface area contributed by atoms with E-state index >= 15 is 0 Å². The first kappa shape index (κ1) is 10.6. The molecule has 1 aromatic rings. The van der Waals surface area contributed by atoms with Crippen LogP contribution in [0.5, 0.6) is 0 Å². The maximum absolute atomic E-state index is 4.11. The number of hydrogen-bond acceptors (Lipinski definition) is 2. The fourth-order valence-electron chi connectivity index (χ4n) is 2.69. The third kappa shape index (κ3) is 2.20. The number of nitrogens with one attached hydrogen (secondary N) is 1. The predicted molar refractivity (Wildman–Crippen MR) is 62.9 cm³/mol. The van der Waals surface area contributed by atoms with Crippen LogP contribution >= 0.6 is 0 Å². The number of likely N-dealkylation sites (N-methyl/N-ethyl adjacent to an activating group) is 1. The molecule has 1 aliphatic carbocycles. The number of hydrogen-bond donors (Lipinski definition) is 1. The topological polar surface area (TPSA) is 24.9 Å². The molecule has 2 heteroatoms. The van der Waals surface area contributed by atoms with Crippen molar-refractivity contribution in [1.82, 2.24) is 10.3 Å². The van der Waals surface area contributed by atoms with Gasteiger partial charge in [-0.15, -0.1) is 0 Å². The first-order valence-electron chi connectivity index (χ1n) is 5.99. The number of rotatable bonds is 4. The second kappa shape index (κ2) is 4.75. The molecule has 0 atom stereocenters. The van der Waals surface area contributed by atoms with Crippen LogP contribution in [0.1, 0.15) is 38.2 Å². The summed E-state index contributed by atoms with van der Waals surface area (Å²) >= 11 is 0. The molecular formula is C13H20N2. The van der Waals surface area contributed by atoms with E-state index in [-0.39, 0.29) is 0 Å². The van der Waals surface area contributed by atoms with Crippen LogP contribution < -0.4 is 5.32 Å². The molecule has 0 unspecified atom stereocenters. The minimum Gasteiger partial charge on any atom is -0.316 e. The summed E-state index contributed by atoms with van der Waals surface area (Å²) in [5, 5.41) is 3.51. The van der Waals surface area contributed by atoms with E-state index < -0.39 is 0 Å². The summed E-state index contributed by atoms with van der Waals surface area (Å²) in [5.41, 5.74) is 1.86. The van der Waals surface area contributed by atoms with E-state index in [1.807, 2.05) is 12.4 Å². The highest BCUT2D eigenvalue weighted by molar-refractivity contribution is 5.24. The van der Waals surface area contributed by atoms with Gasteiger partial charge in [-0.2, -0.15) is 0 Å². The fraction of sp³-hybridized carbons (Fsp3) is 0.615. The molecule has 1 aliphatic rings. The molecule has 2 rings (SSSR count). The summed E-state index contributed by atoms with van der Waals surface area (Å²) in [6.07, 6.45) is 9.22. The Hall–Kier alpha value is -0.890. The van der Waals surface area contributed by atoms with Crippen LogP contribution in [0, 0.1) is 0 Å². The van der Waals surface area contributed by atoms with Crippen molar-refractivity contribution in [3.8, 4) is 0 Å². The van der Waals surface area contributed by atoms with Crippen LogP contribution in [0.2, 0.25) is 0 Å². The molecule has 0 spiro atoms. The van der Waals surface area contributed by atoms with Crippen molar-refractivity contribution in [1.29, 1.82) is 0 Å². The average molecular weight is 204 g/mol. The number of aromatic nitrogens is 1. The highest BCUT2D eigenvalue weighted by Gasteiger charge is 2.34. The molecule has 1 aromatic heterocycles. The summed E-state index contributed by atoms with van der Waals surface area (Å²) in [4.78, 5) is 4.11. The van der Waals surface area contributed by atoms with E-state index in [1.165, 1.54) is 31.2 Å². The largest absolute Gasteiger partial charge is 0.316 e. The Kier molecular flexibility index (Phi) is 3.37. The second-order valence-electron chi connectivity index (χ2n) is 4.50.